The first kappa shape index (κ1) is 19.5. The Balaban J connectivity index is 1.36. The van der Waals surface area contributed by atoms with Gasteiger partial charge in [0.15, 0.2) is 0 Å². The second-order valence-electron chi connectivity index (χ2n) is 6.52. The molecule has 0 aliphatic carbocycles. The first-order valence-corrected chi connectivity index (χ1v) is 9.57. The molecule has 2 aromatic carbocycles. The van der Waals surface area contributed by atoms with Gasteiger partial charge in [-0.15, -0.1) is 0 Å². The summed E-state index contributed by atoms with van der Waals surface area (Å²) in [7, 11) is 1.65. The van der Waals surface area contributed by atoms with Gasteiger partial charge in [0.1, 0.15) is 11.5 Å². The third-order valence-electron chi connectivity index (χ3n) is 4.68. The molecule has 1 aliphatic rings. The standard InChI is InChI=1S/C21H25ClN2O3/c1-26-19-6-8-20(9-7-19)27-15-3-10-23-11-13-24(14-12-23)21(25)17-4-2-5-18(22)16-17/h2,4-9,16H,3,10-15H2,1H3. The van der Waals surface area contributed by atoms with Gasteiger partial charge in [-0.3, -0.25) is 9.69 Å². The molecule has 0 unspecified atom stereocenters. The maximum Gasteiger partial charge on any atom is 0.253 e. The number of ether oxygens (including phenoxy) is 2. The molecule has 5 nitrogen and oxygen atoms in total. The van der Waals surface area contributed by atoms with Crippen molar-refractivity contribution in [2.75, 3.05) is 46.4 Å². The second kappa shape index (κ2) is 9.62. The van der Waals surface area contributed by atoms with Crippen LogP contribution in [0.5, 0.6) is 11.5 Å². The van der Waals surface area contributed by atoms with Crippen LogP contribution in [0.15, 0.2) is 48.5 Å². The highest BCUT2D eigenvalue weighted by Gasteiger charge is 2.21. The summed E-state index contributed by atoms with van der Waals surface area (Å²) in [4.78, 5) is 16.8. The fraction of sp³-hybridized carbons (Fsp3) is 0.381. The number of nitrogens with zero attached hydrogens (tertiary/aromatic N) is 2. The molecule has 1 fully saturated rings. The number of halogens is 1. The number of carbonyl (C=O) groups excluding carboxylic acids is 1. The first-order chi connectivity index (χ1) is 13.2. The van der Waals surface area contributed by atoms with E-state index in [2.05, 4.69) is 4.90 Å². The number of carbonyl (C=O) groups is 1. The van der Waals surface area contributed by atoms with E-state index in [1.165, 1.54) is 0 Å². The quantitative estimate of drug-likeness (QED) is 0.680. The van der Waals surface area contributed by atoms with Crippen LogP contribution in [-0.2, 0) is 0 Å². The lowest BCUT2D eigenvalue weighted by molar-refractivity contribution is 0.0630. The SMILES string of the molecule is COc1ccc(OCCCN2CCN(C(=O)c3cccc(Cl)c3)CC2)cc1. The highest BCUT2D eigenvalue weighted by molar-refractivity contribution is 6.30. The Morgan fingerprint density at radius 1 is 1.04 bits per heavy atom. The van der Waals surface area contributed by atoms with Crippen LogP contribution in [0.1, 0.15) is 16.8 Å². The lowest BCUT2D eigenvalue weighted by Crippen LogP contribution is -2.49. The number of methoxy groups -OCH3 is 1. The highest BCUT2D eigenvalue weighted by Crippen LogP contribution is 2.17. The molecule has 0 bridgehead atoms. The van der Waals surface area contributed by atoms with Gasteiger partial charge in [0.05, 0.1) is 13.7 Å². The van der Waals surface area contributed by atoms with Gasteiger partial charge in [0.25, 0.3) is 5.91 Å². The van der Waals surface area contributed by atoms with Crippen molar-refractivity contribution in [3.63, 3.8) is 0 Å². The topological polar surface area (TPSA) is 42.0 Å². The minimum Gasteiger partial charge on any atom is -0.497 e. The molecule has 6 heteroatoms. The van der Waals surface area contributed by atoms with Gasteiger partial charge in [0, 0.05) is 43.3 Å². The molecule has 27 heavy (non-hydrogen) atoms. The molecular weight excluding hydrogens is 364 g/mol. The fourth-order valence-electron chi connectivity index (χ4n) is 3.13. The predicted octanol–water partition coefficient (Wildman–Crippen LogP) is 3.58. The van der Waals surface area contributed by atoms with Crippen LogP contribution in [0.4, 0.5) is 0 Å². The Bertz CT molecular complexity index is 743. The zero-order valence-electron chi connectivity index (χ0n) is 15.6. The van der Waals surface area contributed by atoms with E-state index in [-0.39, 0.29) is 5.91 Å². The van der Waals surface area contributed by atoms with Crippen LogP contribution in [0.25, 0.3) is 0 Å². The van der Waals surface area contributed by atoms with Gasteiger partial charge in [-0.05, 0) is 48.9 Å². The van der Waals surface area contributed by atoms with Crippen molar-refractivity contribution in [3.8, 4) is 11.5 Å². The Labute approximate surface area is 165 Å². The zero-order chi connectivity index (χ0) is 19.1. The number of benzene rings is 2. The minimum absolute atomic E-state index is 0.0555. The maximum absolute atomic E-state index is 12.5. The summed E-state index contributed by atoms with van der Waals surface area (Å²) in [5.41, 5.74) is 0.656. The van der Waals surface area contributed by atoms with Crippen LogP contribution in [0.2, 0.25) is 5.02 Å². The maximum atomic E-state index is 12.5. The van der Waals surface area contributed by atoms with Crippen molar-refractivity contribution in [1.29, 1.82) is 0 Å². The lowest BCUT2D eigenvalue weighted by atomic mass is 10.2. The molecule has 0 spiro atoms. The molecule has 1 heterocycles. The highest BCUT2D eigenvalue weighted by atomic mass is 35.5. The number of piperazine rings is 1. The van der Waals surface area contributed by atoms with Gasteiger partial charge in [-0.1, -0.05) is 17.7 Å². The predicted molar refractivity (Wildman–Crippen MR) is 107 cm³/mol. The summed E-state index contributed by atoms with van der Waals surface area (Å²) in [5.74, 6) is 1.74. The Hall–Kier alpha value is -2.24. The summed E-state index contributed by atoms with van der Waals surface area (Å²) in [5, 5.41) is 0.594. The van der Waals surface area contributed by atoms with Gasteiger partial charge in [-0.2, -0.15) is 0 Å². The average molecular weight is 389 g/mol. The van der Waals surface area contributed by atoms with Gasteiger partial charge in [0.2, 0.25) is 0 Å². The van der Waals surface area contributed by atoms with E-state index in [1.807, 2.05) is 41.3 Å². The minimum atomic E-state index is 0.0555. The zero-order valence-corrected chi connectivity index (χ0v) is 16.3. The molecule has 1 amide bonds. The van der Waals surface area contributed by atoms with Crippen LogP contribution in [-0.4, -0.2) is 62.1 Å². The first-order valence-electron chi connectivity index (χ1n) is 9.20. The Kier molecular flexibility index (Phi) is 6.96. The number of amides is 1. The monoisotopic (exact) mass is 388 g/mol. The van der Waals surface area contributed by atoms with E-state index in [1.54, 1.807) is 19.2 Å². The van der Waals surface area contributed by atoms with Crippen molar-refractivity contribution in [2.45, 2.75) is 6.42 Å². The van der Waals surface area contributed by atoms with Crippen molar-refractivity contribution < 1.29 is 14.3 Å². The molecule has 0 radical (unpaired) electrons. The Morgan fingerprint density at radius 3 is 2.41 bits per heavy atom. The molecule has 1 saturated heterocycles. The average Bonchev–Trinajstić information content (AvgIpc) is 2.71. The van der Waals surface area contributed by atoms with Crippen LogP contribution in [0, 0.1) is 0 Å². The van der Waals surface area contributed by atoms with E-state index in [0.717, 1.165) is 50.6 Å². The number of rotatable bonds is 7. The number of hydrogen-bond donors (Lipinski definition) is 0. The molecule has 0 N–H and O–H groups in total. The van der Waals surface area contributed by atoms with Crippen molar-refractivity contribution in [1.82, 2.24) is 9.80 Å². The molecule has 0 aromatic heterocycles. The van der Waals surface area contributed by atoms with Crippen molar-refractivity contribution in [3.05, 3.63) is 59.1 Å². The molecule has 3 rings (SSSR count). The fourth-order valence-corrected chi connectivity index (χ4v) is 3.32. The molecule has 0 atom stereocenters. The van der Waals surface area contributed by atoms with E-state index in [0.29, 0.717) is 17.2 Å². The normalized spacial score (nSPS) is 14.8. The largest absolute Gasteiger partial charge is 0.497 e. The second-order valence-corrected chi connectivity index (χ2v) is 6.96. The number of hydrogen-bond acceptors (Lipinski definition) is 4. The van der Waals surface area contributed by atoms with Gasteiger partial charge < -0.3 is 14.4 Å². The van der Waals surface area contributed by atoms with Crippen molar-refractivity contribution >= 4 is 17.5 Å². The molecule has 1 aliphatic heterocycles. The van der Waals surface area contributed by atoms with Crippen molar-refractivity contribution in [2.24, 2.45) is 0 Å². The van der Waals surface area contributed by atoms with Crippen LogP contribution >= 0.6 is 11.6 Å². The third-order valence-corrected chi connectivity index (χ3v) is 4.91. The lowest BCUT2D eigenvalue weighted by Gasteiger charge is -2.34. The van der Waals surface area contributed by atoms with E-state index in [4.69, 9.17) is 21.1 Å². The molecule has 144 valence electrons. The summed E-state index contributed by atoms with van der Waals surface area (Å²) in [6, 6.07) is 14.8. The summed E-state index contributed by atoms with van der Waals surface area (Å²) >= 11 is 5.98. The third kappa shape index (κ3) is 5.62. The summed E-state index contributed by atoms with van der Waals surface area (Å²) in [6.07, 6.45) is 0.953. The van der Waals surface area contributed by atoms with E-state index < -0.39 is 0 Å². The summed E-state index contributed by atoms with van der Waals surface area (Å²) < 4.78 is 10.9. The smallest absolute Gasteiger partial charge is 0.253 e. The molecule has 0 saturated carbocycles. The molecule has 2 aromatic rings. The van der Waals surface area contributed by atoms with Crippen LogP contribution < -0.4 is 9.47 Å². The Morgan fingerprint density at radius 2 is 1.74 bits per heavy atom. The van der Waals surface area contributed by atoms with Gasteiger partial charge in [-0.25, -0.2) is 0 Å². The molecular formula is C21H25ClN2O3. The summed E-state index contributed by atoms with van der Waals surface area (Å²) in [6.45, 7) is 4.89. The van der Waals surface area contributed by atoms with E-state index in [9.17, 15) is 4.79 Å². The van der Waals surface area contributed by atoms with Crippen LogP contribution in [0.3, 0.4) is 0 Å². The van der Waals surface area contributed by atoms with Gasteiger partial charge >= 0.3 is 0 Å². The van der Waals surface area contributed by atoms with E-state index >= 15 is 0 Å².